The fraction of sp³-hybridized carbons (Fsp3) is 0.789. The Morgan fingerprint density at radius 3 is 2.88 bits per heavy atom. The molecule has 2 aliphatic heterocycles. The fourth-order valence-corrected chi connectivity index (χ4v) is 7.98. The van der Waals surface area contributed by atoms with E-state index in [1.807, 2.05) is 6.92 Å². The van der Waals surface area contributed by atoms with E-state index in [9.17, 15) is 14.7 Å². The maximum atomic E-state index is 12.6. The highest BCUT2D eigenvalue weighted by atomic mass is 16.7. The van der Waals surface area contributed by atoms with Crippen LogP contribution in [-0.4, -0.2) is 34.9 Å². The molecule has 128 valence electrons. The van der Waals surface area contributed by atoms with Gasteiger partial charge in [0.2, 0.25) is 0 Å². The summed E-state index contributed by atoms with van der Waals surface area (Å²) in [4.78, 5) is 25.1. The van der Waals surface area contributed by atoms with Gasteiger partial charge in [-0.1, -0.05) is 12.2 Å². The van der Waals surface area contributed by atoms with Crippen LogP contribution in [0.4, 0.5) is 0 Å². The zero-order valence-corrected chi connectivity index (χ0v) is 13.8. The van der Waals surface area contributed by atoms with Crippen molar-refractivity contribution in [2.75, 3.05) is 0 Å². The summed E-state index contributed by atoms with van der Waals surface area (Å²) < 4.78 is 11.9. The van der Waals surface area contributed by atoms with Gasteiger partial charge in [0.25, 0.3) is 0 Å². The Morgan fingerprint density at radius 2 is 2.12 bits per heavy atom. The third-order valence-electron chi connectivity index (χ3n) is 8.60. The number of fused-ring (bicyclic) bond motifs is 5. The molecule has 2 saturated heterocycles. The molecule has 4 saturated carbocycles. The molecule has 5 heteroatoms. The third-order valence-corrected chi connectivity index (χ3v) is 8.60. The average molecular weight is 330 g/mol. The van der Waals surface area contributed by atoms with Gasteiger partial charge in [0.1, 0.15) is 17.8 Å². The van der Waals surface area contributed by atoms with Crippen LogP contribution < -0.4 is 0 Å². The number of hydrogen-bond donors (Lipinski definition) is 1. The number of carbonyl (C=O) groups excluding carboxylic acids is 1. The molecular weight excluding hydrogens is 308 g/mol. The molecule has 0 amide bonds. The molecule has 0 radical (unpaired) electrons. The maximum Gasteiger partial charge on any atom is 0.312 e. The number of hydrogen-bond acceptors (Lipinski definition) is 4. The van der Waals surface area contributed by atoms with Crippen molar-refractivity contribution in [2.24, 2.45) is 34.5 Å². The summed E-state index contributed by atoms with van der Waals surface area (Å²) in [6.07, 6.45) is 4.14. The number of carbonyl (C=O) groups is 2. The predicted molar refractivity (Wildman–Crippen MR) is 81.8 cm³/mol. The first-order chi connectivity index (χ1) is 11.3. The zero-order chi connectivity index (χ0) is 16.6. The van der Waals surface area contributed by atoms with Gasteiger partial charge in [-0.3, -0.25) is 9.59 Å². The topological polar surface area (TPSA) is 76.1 Å². The van der Waals surface area contributed by atoms with E-state index in [2.05, 4.69) is 6.58 Å². The Hall–Kier alpha value is -1.36. The Kier molecular flexibility index (Phi) is 2.08. The minimum atomic E-state index is -0.758. The first kappa shape index (κ1) is 13.9. The lowest BCUT2D eigenvalue weighted by atomic mass is 9.60. The van der Waals surface area contributed by atoms with E-state index in [0.29, 0.717) is 12.3 Å². The summed E-state index contributed by atoms with van der Waals surface area (Å²) >= 11 is 0. The van der Waals surface area contributed by atoms with E-state index >= 15 is 0 Å². The van der Waals surface area contributed by atoms with Crippen LogP contribution in [0.5, 0.6) is 0 Å². The molecule has 1 N–H and O–H groups in total. The largest absolute Gasteiger partial charge is 0.481 e. The van der Waals surface area contributed by atoms with Gasteiger partial charge < -0.3 is 14.6 Å². The van der Waals surface area contributed by atoms with Crippen molar-refractivity contribution in [3.8, 4) is 0 Å². The lowest BCUT2D eigenvalue weighted by Crippen LogP contribution is -2.49. The summed E-state index contributed by atoms with van der Waals surface area (Å²) in [5.41, 5.74) is -0.206. The smallest absolute Gasteiger partial charge is 0.312 e. The van der Waals surface area contributed by atoms with Gasteiger partial charge in [-0.2, -0.15) is 0 Å². The van der Waals surface area contributed by atoms with Gasteiger partial charge in [-0.15, -0.1) is 0 Å². The van der Waals surface area contributed by atoms with Crippen molar-refractivity contribution in [1.82, 2.24) is 0 Å². The number of epoxide rings is 1. The molecule has 6 fully saturated rings. The van der Waals surface area contributed by atoms with Crippen LogP contribution in [0.25, 0.3) is 0 Å². The van der Waals surface area contributed by atoms with Gasteiger partial charge >= 0.3 is 11.9 Å². The Labute approximate surface area is 140 Å². The minimum Gasteiger partial charge on any atom is -0.481 e. The van der Waals surface area contributed by atoms with Crippen LogP contribution in [0.3, 0.4) is 0 Å². The number of carboxylic acid groups (broad SMARTS) is 1. The number of ether oxygens (including phenoxy) is 2. The van der Waals surface area contributed by atoms with E-state index in [1.54, 1.807) is 0 Å². The van der Waals surface area contributed by atoms with Crippen LogP contribution in [0.2, 0.25) is 0 Å². The van der Waals surface area contributed by atoms with Gasteiger partial charge in [-0.25, -0.2) is 0 Å². The van der Waals surface area contributed by atoms with Crippen molar-refractivity contribution in [3.63, 3.8) is 0 Å². The summed E-state index contributed by atoms with van der Waals surface area (Å²) in [6.45, 7) is 6.18. The van der Waals surface area contributed by atoms with Crippen LogP contribution in [0, 0.1) is 34.5 Å². The molecule has 24 heavy (non-hydrogen) atoms. The number of aliphatic carboxylic acids is 1. The monoisotopic (exact) mass is 330 g/mol. The van der Waals surface area contributed by atoms with E-state index in [-0.39, 0.29) is 35.4 Å². The second-order valence-corrected chi connectivity index (χ2v) is 9.35. The molecule has 2 heterocycles. The Morgan fingerprint density at radius 1 is 1.33 bits per heavy atom. The molecule has 2 spiro atoms. The van der Waals surface area contributed by atoms with Gasteiger partial charge in [0.15, 0.2) is 0 Å². The molecule has 4 aliphatic carbocycles. The average Bonchev–Trinajstić information content (AvgIpc) is 3.03. The lowest BCUT2D eigenvalue weighted by molar-refractivity contribution is -0.157. The van der Waals surface area contributed by atoms with E-state index in [4.69, 9.17) is 9.47 Å². The first-order valence-corrected chi connectivity index (χ1v) is 9.14. The first-order valence-electron chi connectivity index (χ1n) is 9.14. The Balaban J connectivity index is 1.60. The standard InChI is InChI=1S/C19H22O5/c1-8-5-18-6-9(8)3-4-11(18)19-13(12(18)15(20)21)17(2)7-10(14(19)24-19)23-16(17)22/h9-14H,1,3-7H2,2H3,(H,20,21). The van der Waals surface area contributed by atoms with Gasteiger partial charge in [0, 0.05) is 12.3 Å². The minimum absolute atomic E-state index is 0.0846. The summed E-state index contributed by atoms with van der Waals surface area (Å²) in [5, 5.41) is 10.2. The number of allylic oxidation sites excluding steroid dienone is 1. The van der Waals surface area contributed by atoms with Crippen molar-refractivity contribution in [2.45, 2.75) is 56.8 Å². The highest BCUT2D eigenvalue weighted by molar-refractivity contribution is 5.84. The van der Waals surface area contributed by atoms with Crippen molar-refractivity contribution >= 4 is 11.9 Å². The molecule has 9 unspecified atom stereocenters. The molecule has 9 atom stereocenters. The SMILES string of the molecule is C=C1CC23CC1CCC2C12OC1C1CC(C)(C(=O)O1)C2C3C(=O)O. The van der Waals surface area contributed by atoms with Crippen LogP contribution in [-0.2, 0) is 19.1 Å². The molecule has 0 aromatic heterocycles. The third kappa shape index (κ3) is 1.14. The molecule has 6 aliphatic rings. The molecule has 0 aromatic carbocycles. The predicted octanol–water partition coefficient (Wildman–Crippen LogP) is 2.15. The Bertz CT molecular complexity index is 729. The molecule has 6 rings (SSSR count). The van der Waals surface area contributed by atoms with Crippen molar-refractivity contribution in [1.29, 1.82) is 0 Å². The quantitative estimate of drug-likeness (QED) is 0.453. The van der Waals surface area contributed by atoms with Crippen LogP contribution >= 0.6 is 0 Å². The van der Waals surface area contributed by atoms with Crippen LogP contribution in [0.1, 0.15) is 39.0 Å². The number of rotatable bonds is 1. The van der Waals surface area contributed by atoms with E-state index in [1.165, 1.54) is 5.57 Å². The molecular formula is C19H22O5. The highest BCUT2D eigenvalue weighted by Gasteiger charge is 2.89. The normalized spacial score (nSPS) is 61.9. The van der Waals surface area contributed by atoms with Crippen LogP contribution in [0.15, 0.2) is 12.2 Å². The molecule has 5 nitrogen and oxygen atoms in total. The van der Waals surface area contributed by atoms with E-state index < -0.39 is 22.9 Å². The fourth-order valence-electron chi connectivity index (χ4n) is 7.98. The molecule has 0 aromatic rings. The van der Waals surface area contributed by atoms with Gasteiger partial charge in [0.05, 0.1) is 11.3 Å². The van der Waals surface area contributed by atoms with Gasteiger partial charge in [-0.05, 0) is 49.9 Å². The summed E-state index contributed by atoms with van der Waals surface area (Å²) in [6, 6.07) is 0. The van der Waals surface area contributed by atoms with Crippen molar-refractivity contribution < 1.29 is 24.2 Å². The number of carboxylic acids is 1. The summed E-state index contributed by atoms with van der Waals surface area (Å²) in [5.74, 6) is -1.06. The summed E-state index contributed by atoms with van der Waals surface area (Å²) in [7, 11) is 0. The molecule has 4 bridgehead atoms. The lowest BCUT2D eigenvalue weighted by Gasteiger charge is -2.39. The zero-order valence-electron chi connectivity index (χ0n) is 13.8. The second-order valence-electron chi connectivity index (χ2n) is 9.35. The van der Waals surface area contributed by atoms with E-state index in [0.717, 1.165) is 25.7 Å². The number of esters is 1. The second kappa shape index (κ2) is 3.59. The maximum absolute atomic E-state index is 12.6. The highest BCUT2D eigenvalue weighted by Crippen LogP contribution is 2.81. The van der Waals surface area contributed by atoms with Crippen molar-refractivity contribution in [3.05, 3.63) is 12.2 Å².